The lowest BCUT2D eigenvalue weighted by atomic mass is 10.1. The van der Waals surface area contributed by atoms with Gasteiger partial charge in [0.25, 0.3) is 5.91 Å². The lowest BCUT2D eigenvalue weighted by Crippen LogP contribution is -2.12. The topological polar surface area (TPSA) is 55.1 Å². The molecule has 0 aliphatic carbocycles. The molecule has 1 amide bonds. The van der Waals surface area contributed by atoms with Crippen molar-refractivity contribution in [1.82, 2.24) is 0 Å². The van der Waals surface area contributed by atoms with Gasteiger partial charge in [-0.05, 0) is 61.2 Å². The molecule has 19 heavy (non-hydrogen) atoms. The molecule has 2 aromatic carbocycles. The Hall–Kier alpha value is -1.94. The molecule has 0 aliphatic rings. The molecule has 3 N–H and O–H groups in total. The number of nitrogen functional groups attached to an aromatic ring is 1. The van der Waals surface area contributed by atoms with Crippen LogP contribution in [0, 0.1) is 6.92 Å². The van der Waals surface area contributed by atoms with Gasteiger partial charge >= 0.3 is 0 Å². The monoisotopic (exact) mass is 272 g/mol. The highest BCUT2D eigenvalue weighted by Gasteiger charge is 2.07. The zero-order valence-corrected chi connectivity index (χ0v) is 11.8. The van der Waals surface area contributed by atoms with Crippen molar-refractivity contribution in [2.24, 2.45) is 0 Å². The molecule has 0 bridgehead atoms. The number of carbonyl (C=O) groups excluding carboxylic acids is 1. The van der Waals surface area contributed by atoms with E-state index in [1.807, 2.05) is 37.4 Å². The van der Waals surface area contributed by atoms with Crippen molar-refractivity contribution in [1.29, 1.82) is 0 Å². The summed E-state index contributed by atoms with van der Waals surface area (Å²) in [6, 6.07) is 13.0. The Kier molecular flexibility index (Phi) is 4.12. The van der Waals surface area contributed by atoms with Crippen LogP contribution >= 0.6 is 11.8 Å². The predicted molar refractivity (Wildman–Crippen MR) is 81.8 cm³/mol. The van der Waals surface area contributed by atoms with Crippen molar-refractivity contribution in [3.63, 3.8) is 0 Å². The van der Waals surface area contributed by atoms with Crippen LogP contribution in [0.25, 0.3) is 0 Å². The normalized spacial score (nSPS) is 10.2. The van der Waals surface area contributed by atoms with E-state index in [4.69, 9.17) is 5.73 Å². The molecule has 98 valence electrons. The standard InChI is InChI=1S/C15H16N2OS/c1-10-9-11(3-8-14(10)16)15(18)17-12-4-6-13(19-2)7-5-12/h3-9H,16H2,1-2H3,(H,17,18). The number of anilines is 2. The van der Waals surface area contributed by atoms with Crippen LogP contribution in [0.2, 0.25) is 0 Å². The highest BCUT2D eigenvalue weighted by Crippen LogP contribution is 2.19. The molecular formula is C15H16N2OS. The van der Waals surface area contributed by atoms with Gasteiger partial charge < -0.3 is 11.1 Å². The second kappa shape index (κ2) is 5.80. The first-order valence-corrected chi connectivity index (χ1v) is 7.14. The van der Waals surface area contributed by atoms with Crippen molar-refractivity contribution in [3.05, 3.63) is 53.6 Å². The molecule has 0 saturated heterocycles. The Morgan fingerprint density at radius 2 is 1.84 bits per heavy atom. The number of thioether (sulfide) groups is 1. The van der Waals surface area contributed by atoms with Crippen molar-refractivity contribution in [3.8, 4) is 0 Å². The number of amides is 1. The average Bonchev–Trinajstić information content (AvgIpc) is 2.42. The van der Waals surface area contributed by atoms with Gasteiger partial charge in [-0.25, -0.2) is 0 Å². The van der Waals surface area contributed by atoms with Crippen LogP contribution < -0.4 is 11.1 Å². The second-order valence-corrected chi connectivity index (χ2v) is 5.13. The summed E-state index contributed by atoms with van der Waals surface area (Å²) in [5, 5.41) is 2.87. The molecule has 3 nitrogen and oxygen atoms in total. The maximum atomic E-state index is 12.1. The van der Waals surface area contributed by atoms with E-state index in [1.165, 1.54) is 4.90 Å². The third-order valence-corrected chi connectivity index (χ3v) is 3.62. The fraction of sp³-hybridized carbons (Fsp3) is 0.133. The summed E-state index contributed by atoms with van der Waals surface area (Å²) < 4.78 is 0. The molecule has 0 heterocycles. The van der Waals surface area contributed by atoms with Gasteiger partial charge in [0.2, 0.25) is 0 Å². The minimum absolute atomic E-state index is 0.125. The highest BCUT2D eigenvalue weighted by molar-refractivity contribution is 7.98. The summed E-state index contributed by atoms with van der Waals surface area (Å²) >= 11 is 1.67. The van der Waals surface area contributed by atoms with Crippen molar-refractivity contribution in [2.45, 2.75) is 11.8 Å². The Labute approximate surface area is 117 Å². The lowest BCUT2D eigenvalue weighted by Gasteiger charge is -2.07. The number of hydrogen-bond acceptors (Lipinski definition) is 3. The van der Waals surface area contributed by atoms with E-state index in [2.05, 4.69) is 5.32 Å². The van der Waals surface area contributed by atoms with Crippen LogP contribution in [0.5, 0.6) is 0 Å². The maximum absolute atomic E-state index is 12.1. The second-order valence-electron chi connectivity index (χ2n) is 4.25. The molecule has 0 aliphatic heterocycles. The largest absolute Gasteiger partial charge is 0.399 e. The van der Waals surface area contributed by atoms with Crippen LogP contribution in [0.15, 0.2) is 47.4 Å². The summed E-state index contributed by atoms with van der Waals surface area (Å²) in [6.45, 7) is 1.89. The van der Waals surface area contributed by atoms with Gasteiger partial charge in [-0.3, -0.25) is 4.79 Å². The fourth-order valence-electron chi connectivity index (χ4n) is 1.69. The Morgan fingerprint density at radius 1 is 1.16 bits per heavy atom. The first-order valence-electron chi connectivity index (χ1n) is 5.91. The molecule has 4 heteroatoms. The highest BCUT2D eigenvalue weighted by atomic mass is 32.2. The van der Waals surface area contributed by atoms with E-state index in [0.717, 1.165) is 11.3 Å². The van der Waals surface area contributed by atoms with E-state index in [0.29, 0.717) is 11.3 Å². The number of nitrogens with two attached hydrogens (primary N) is 1. The fourth-order valence-corrected chi connectivity index (χ4v) is 2.10. The number of hydrogen-bond donors (Lipinski definition) is 2. The zero-order chi connectivity index (χ0) is 13.8. The van der Waals surface area contributed by atoms with Crippen LogP contribution in [-0.2, 0) is 0 Å². The molecule has 2 rings (SSSR count). The van der Waals surface area contributed by atoms with Crippen LogP contribution in [0.4, 0.5) is 11.4 Å². The third kappa shape index (κ3) is 3.29. The molecule has 0 fully saturated rings. The summed E-state index contributed by atoms with van der Waals surface area (Å²) in [5.41, 5.74) is 8.74. The van der Waals surface area contributed by atoms with E-state index < -0.39 is 0 Å². The number of rotatable bonds is 3. The maximum Gasteiger partial charge on any atom is 0.255 e. The lowest BCUT2D eigenvalue weighted by molar-refractivity contribution is 0.102. The molecular weight excluding hydrogens is 256 g/mol. The van der Waals surface area contributed by atoms with E-state index >= 15 is 0 Å². The molecule has 0 unspecified atom stereocenters. The SMILES string of the molecule is CSc1ccc(NC(=O)c2ccc(N)c(C)c2)cc1. The van der Waals surface area contributed by atoms with Gasteiger partial charge in [0, 0.05) is 21.8 Å². The molecule has 0 spiro atoms. The summed E-state index contributed by atoms with van der Waals surface area (Å²) in [7, 11) is 0. The van der Waals surface area contributed by atoms with Gasteiger partial charge in [0.1, 0.15) is 0 Å². The minimum Gasteiger partial charge on any atom is -0.399 e. The Morgan fingerprint density at radius 3 is 2.42 bits per heavy atom. The summed E-state index contributed by atoms with van der Waals surface area (Å²) in [4.78, 5) is 13.2. The Bertz CT molecular complexity index is 594. The van der Waals surface area contributed by atoms with Gasteiger partial charge in [-0.15, -0.1) is 11.8 Å². The van der Waals surface area contributed by atoms with Crippen LogP contribution in [-0.4, -0.2) is 12.2 Å². The molecule has 0 atom stereocenters. The van der Waals surface area contributed by atoms with Gasteiger partial charge in [-0.2, -0.15) is 0 Å². The summed E-state index contributed by atoms with van der Waals surface area (Å²) in [5.74, 6) is -0.125. The Balaban J connectivity index is 2.13. The van der Waals surface area contributed by atoms with Gasteiger partial charge in [-0.1, -0.05) is 0 Å². The van der Waals surface area contributed by atoms with Crippen molar-refractivity contribution in [2.75, 3.05) is 17.3 Å². The van der Waals surface area contributed by atoms with Crippen LogP contribution in [0.3, 0.4) is 0 Å². The van der Waals surface area contributed by atoms with E-state index in [9.17, 15) is 4.79 Å². The van der Waals surface area contributed by atoms with E-state index in [1.54, 1.807) is 30.0 Å². The third-order valence-electron chi connectivity index (χ3n) is 2.88. The molecule has 0 aromatic heterocycles. The zero-order valence-electron chi connectivity index (χ0n) is 10.9. The average molecular weight is 272 g/mol. The van der Waals surface area contributed by atoms with Crippen molar-refractivity contribution < 1.29 is 4.79 Å². The first kappa shape index (κ1) is 13.5. The molecule has 0 radical (unpaired) electrons. The smallest absolute Gasteiger partial charge is 0.255 e. The van der Waals surface area contributed by atoms with Gasteiger partial charge in [0.15, 0.2) is 0 Å². The number of aryl methyl sites for hydroxylation is 1. The quantitative estimate of drug-likeness (QED) is 0.663. The molecule has 2 aromatic rings. The van der Waals surface area contributed by atoms with Crippen LogP contribution in [0.1, 0.15) is 15.9 Å². The minimum atomic E-state index is -0.125. The number of benzene rings is 2. The first-order chi connectivity index (χ1) is 9.10. The van der Waals surface area contributed by atoms with E-state index in [-0.39, 0.29) is 5.91 Å². The van der Waals surface area contributed by atoms with Crippen molar-refractivity contribution >= 4 is 29.0 Å². The molecule has 0 saturated carbocycles. The number of carbonyl (C=O) groups is 1. The summed E-state index contributed by atoms with van der Waals surface area (Å²) in [6.07, 6.45) is 2.02. The number of nitrogens with one attached hydrogen (secondary N) is 1. The predicted octanol–water partition coefficient (Wildman–Crippen LogP) is 3.55. The van der Waals surface area contributed by atoms with Gasteiger partial charge in [0.05, 0.1) is 0 Å².